The van der Waals surface area contributed by atoms with Gasteiger partial charge in [-0.2, -0.15) is 17.4 Å². The average molecular weight is 201 g/mol. The van der Waals surface area contributed by atoms with Crippen molar-refractivity contribution in [1.29, 1.82) is 0 Å². The largest absolute Gasteiger partial charge is 0.242 e. The fourth-order valence-electron chi connectivity index (χ4n) is 1.23. The normalized spacial score (nSPS) is 25.2. The number of sulfonamides is 1. The number of hydrogen-bond acceptors (Lipinski definition) is 3. The molecule has 1 N–H and O–H groups in total. The van der Waals surface area contributed by atoms with E-state index in [-0.39, 0.29) is 0 Å². The molecule has 1 aromatic carbocycles. The molecule has 0 fully saturated rings. The molecule has 0 amide bonds. The van der Waals surface area contributed by atoms with E-state index in [0.29, 0.717) is 4.90 Å². The summed E-state index contributed by atoms with van der Waals surface area (Å²) in [7, 11) is -3.28. The Morgan fingerprint density at radius 2 is 2.00 bits per heavy atom. The van der Waals surface area contributed by atoms with Gasteiger partial charge in [0.15, 0.2) is 0 Å². The molecular formula is C7H7NO2S2. The zero-order valence-electron chi connectivity index (χ0n) is 6.06. The van der Waals surface area contributed by atoms with Crippen molar-refractivity contribution >= 4 is 22.7 Å². The molecule has 0 aliphatic carbocycles. The predicted octanol–water partition coefficient (Wildman–Crippen LogP) is 0.907. The van der Waals surface area contributed by atoms with Crippen molar-refractivity contribution in [1.82, 2.24) is 4.72 Å². The topological polar surface area (TPSA) is 46.2 Å². The summed E-state index contributed by atoms with van der Waals surface area (Å²) in [5.41, 5.74) is 0.723. The number of rotatable bonds is 0. The van der Waals surface area contributed by atoms with Crippen LogP contribution in [0, 0.1) is 0 Å². The Bertz CT molecular complexity index is 413. The molecule has 0 saturated heterocycles. The monoisotopic (exact) mass is 201 g/mol. The summed E-state index contributed by atoms with van der Waals surface area (Å²) in [5.74, 6) is 0. The van der Waals surface area contributed by atoms with Crippen LogP contribution in [0.2, 0.25) is 0 Å². The Kier molecular flexibility index (Phi) is 1.67. The summed E-state index contributed by atoms with van der Waals surface area (Å²) in [6, 6.07) is 6.83. The predicted molar refractivity (Wildman–Crippen MR) is 48.5 cm³/mol. The van der Waals surface area contributed by atoms with Gasteiger partial charge in [0, 0.05) is 0 Å². The molecule has 5 heteroatoms. The van der Waals surface area contributed by atoms with Crippen molar-refractivity contribution in [2.24, 2.45) is 0 Å². The van der Waals surface area contributed by atoms with Gasteiger partial charge in [0.1, 0.15) is 0 Å². The van der Waals surface area contributed by atoms with Crippen molar-refractivity contribution in [3.8, 4) is 0 Å². The van der Waals surface area contributed by atoms with Crippen LogP contribution in [0.5, 0.6) is 0 Å². The lowest BCUT2D eigenvalue weighted by Gasteiger charge is -1.98. The third-order valence-electron chi connectivity index (χ3n) is 1.77. The van der Waals surface area contributed by atoms with Crippen LogP contribution < -0.4 is 4.72 Å². The van der Waals surface area contributed by atoms with Crippen LogP contribution in [0.1, 0.15) is 10.9 Å². The van der Waals surface area contributed by atoms with Gasteiger partial charge in [-0.25, -0.2) is 8.42 Å². The molecule has 0 saturated carbocycles. The zero-order chi connectivity index (χ0) is 8.77. The SMILES string of the molecule is O=S1(=O)NC(S)c2ccccc21. The molecule has 1 aliphatic heterocycles. The first kappa shape index (κ1) is 8.10. The van der Waals surface area contributed by atoms with Crippen LogP contribution in [0.3, 0.4) is 0 Å². The van der Waals surface area contributed by atoms with Crippen molar-refractivity contribution < 1.29 is 8.42 Å². The minimum atomic E-state index is -3.28. The number of nitrogens with one attached hydrogen (secondary N) is 1. The van der Waals surface area contributed by atoms with Gasteiger partial charge in [-0.05, 0) is 11.6 Å². The van der Waals surface area contributed by atoms with Crippen LogP contribution >= 0.6 is 12.6 Å². The standard InChI is InChI=1S/C7H7NO2S2/c9-12(10)6-4-2-1-3-5(6)7(11)8-12/h1-4,7-8,11H. The highest BCUT2D eigenvalue weighted by atomic mass is 32.2. The van der Waals surface area contributed by atoms with Crippen LogP contribution in [0.4, 0.5) is 0 Å². The summed E-state index contributed by atoms with van der Waals surface area (Å²) in [6.45, 7) is 0. The van der Waals surface area contributed by atoms with Crippen molar-refractivity contribution in [3.05, 3.63) is 29.8 Å². The first-order chi connectivity index (χ1) is 5.61. The number of benzene rings is 1. The number of thiol groups is 1. The van der Waals surface area contributed by atoms with E-state index in [9.17, 15) is 8.42 Å². The first-order valence-electron chi connectivity index (χ1n) is 3.40. The average Bonchev–Trinajstić information content (AvgIpc) is 2.25. The van der Waals surface area contributed by atoms with Crippen molar-refractivity contribution in [2.75, 3.05) is 0 Å². The minimum Gasteiger partial charge on any atom is -0.207 e. The lowest BCUT2D eigenvalue weighted by atomic mass is 10.2. The van der Waals surface area contributed by atoms with Gasteiger partial charge >= 0.3 is 0 Å². The highest BCUT2D eigenvalue weighted by Gasteiger charge is 2.30. The van der Waals surface area contributed by atoms with E-state index in [0.717, 1.165) is 5.56 Å². The molecule has 0 aromatic heterocycles. The van der Waals surface area contributed by atoms with E-state index in [1.165, 1.54) is 0 Å². The molecule has 0 radical (unpaired) electrons. The maximum Gasteiger partial charge on any atom is 0.242 e. The van der Waals surface area contributed by atoms with Crippen LogP contribution in [0.15, 0.2) is 29.2 Å². The van der Waals surface area contributed by atoms with Crippen LogP contribution in [-0.2, 0) is 10.0 Å². The molecule has 1 unspecified atom stereocenters. The molecule has 2 rings (SSSR count). The Hall–Kier alpha value is -0.520. The Labute approximate surface area is 76.3 Å². The van der Waals surface area contributed by atoms with Gasteiger partial charge < -0.3 is 0 Å². The van der Waals surface area contributed by atoms with Gasteiger partial charge in [0.05, 0.1) is 10.3 Å². The highest BCUT2D eigenvalue weighted by molar-refractivity contribution is 7.91. The third kappa shape index (κ3) is 1.05. The maximum absolute atomic E-state index is 11.3. The molecule has 0 spiro atoms. The summed E-state index contributed by atoms with van der Waals surface area (Å²) in [4.78, 5) is 0.338. The molecule has 1 heterocycles. The van der Waals surface area contributed by atoms with Crippen molar-refractivity contribution in [3.63, 3.8) is 0 Å². The third-order valence-corrected chi connectivity index (χ3v) is 3.85. The molecule has 1 aliphatic rings. The molecule has 3 nitrogen and oxygen atoms in total. The van der Waals surface area contributed by atoms with E-state index in [2.05, 4.69) is 17.4 Å². The lowest BCUT2D eigenvalue weighted by molar-refractivity contribution is 0.589. The number of fused-ring (bicyclic) bond motifs is 1. The van der Waals surface area contributed by atoms with Gasteiger partial charge in [0.2, 0.25) is 10.0 Å². The second-order valence-electron chi connectivity index (χ2n) is 2.56. The number of hydrogen-bond donors (Lipinski definition) is 2. The maximum atomic E-state index is 11.3. The fourth-order valence-corrected chi connectivity index (χ4v) is 3.26. The Balaban J connectivity index is 2.74. The van der Waals surface area contributed by atoms with E-state index in [1.54, 1.807) is 24.3 Å². The minimum absolute atomic E-state index is 0.338. The van der Waals surface area contributed by atoms with Gasteiger partial charge in [-0.3, -0.25) is 0 Å². The molecule has 1 aromatic rings. The quantitative estimate of drug-likeness (QED) is 0.613. The summed E-state index contributed by atoms with van der Waals surface area (Å²) < 4.78 is 25.0. The van der Waals surface area contributed by atoms with Crippen LogP contribution in [0.25, 0.3) is 0 Å². The Morgan fingerprint density at radius 1 is 1.33 bits per heavy atom. The highest BCUT2D eigenvalue weighted by Crippen LogP contribution is 2.32. The summed E-state index contributed by atoms with van der Waals surface area (Å²) in [6.07, 6.45) is 0. The molecule has 12 heavy (non-hydrogen) atoms. The van der Waals surface area contributed by atoms with E-state index < -0.39 is 15.4 Å². The first-order valence-corrected chi connectivity index (χ1v) is 5.40. The fraction of sp³-hybridized carbons (Fsp3) is 0.143. The molecule has 0 bridgehead atoms. The van der Waals surface area contributed by atoms with E-state index in [4.69, 9.17) is 0 Å². The molecular weight excluding hydrogens is 194 g/mol. The zero-order valence-corrected chi connectivity index (χ0v) is 7.77. The van der Waals surface area contributed by atoms with Gasteiger partial charge in [-0.15, -0.1) is 0 Å². The lowest BCUT2D eigenvalue weighted by Crippen LogP contribution is -2.16. The van der Waals surface area contributed by atoms with Crippen molar-refractivity contribution in [2.45, 2.75) is 10.3 Å². The smallest absolute Gasteiger partial charge is 0.207 e. The summed E-state index contributed by atoms with van der Waals surface area (Å²) >= 11 is 4.09. The van der Waals surface area contributed by atoms with Gasteiger partial charge in [-0.1, -0.05) is 18.2 Å². The second-order valence-corrected chi connectivity index (χ2v) is 4.76. The van der Waals surface area contributed by atoms with Crippen LogP contribution in [-0.4, -0.2) is 8.42 Å². The molecule has 64 valence electrons. The second kappa shape index (κ2) is 2.48. The van der Waals surface area contributed by atoms with E-state index >= 15 is 0 Å². The Morgan fingerprint density at radius 3 is 2.67 bits per heavy atom. The summed E-state index contributed by atoms with van der Waals surface area (Å²) in [5, 5.41) is -0.397. The molecule has 1 atom stereocenters. The van der Waals surface area contributed by atoms with E-state index in [1.807, 2.05) is 0 Å². The van der Waals surface area contributed by atoms with Gasteiger partial charge in [0.25, 0.3) is 0 Å².